The summed E-state index contributed by atoms with van der Waals surface area (Å²) in [5, 5.41) is 9.23. The summed E-state index contributed by atoms with van der Waals surface area (Å²) in [6.07, 6.45) is 1.47. The Kier molecular flexibility index (Phi) is 7.55. The van der Waals surface area contributed by atoms with Crippen molar-refractivity contribution in [2.24, 2.45) is 7.05 Å². The highest BCUT2D eigenvalue weighted by Gasteiger charge is 2.38. The lowest BCUT2D eigenvalue weighted by Crippen LogP contribution is -2.45. The summed E-state index contributed by atoms with van der Waals surface area (Å²) in [5.41, 5.74) is 3.20. The fraction of sp³-hybridized carbons (Fsp3) is 0.417. The number of ether oxygens (including phenoxy) is 1. The molecule has 8 heteroatoms. The SMILES string of the molecule is CCOCCCNC(=O)C1c2c(n(C)c3ccccc23)SCC(=O)N1CCc1ccsc1. The van der Waals surface area contributed by atoms with E-state index >= 15 is 0 Å². The maximum Gasteiger partial charge on any atom is 0.247 e. The van der Waals surface area contributed by atoms with Gasteiger partial charge in [-0.25, -0.2) is 0 Å². The van der Waals surface area contributed by atoms with Crippen LogP contribution in [0, 0.1) is 0 Å². The summed E-state index contributed by atoms with van der Waals surface area (Å²) in [5.74, 6) is 0.204. The quantitative estimate of drug-likeness (QED) is 0.479. The molecule has 1 unspecified atom stereocenters. The number of aryl methyl sites for hydroxylation is 1. The molecule has 1 aliphatic heterocycles. The Morgan fingerprint density at radius 3 is 2.91 bits per heavy atom. The summed E-state index contributed by atoms with van der Waals surface area (Å²) in [6, 6.07) is 9.55. The Labute approximate surface area is 196 Å². The van der Waals surface area contributed by atoms with Crippen LogP contribution in [0.2, 0.25) is 0 Å². The predicted octanol–water partition coefficient (Wildman–Crippen LogP) is 4.00. The summed E-state index contributed by atoms with van der Waals surface area (Å²) < 4.78 is 7.51. The van der Waals surface area contributed by atoms with E-state index in [1.54, 1.807) is 16.2 Å². The van der Waals surface area contributed by atoms with Gasteiger partial charge in [-0.05, 0) is 48.2 Å². The van der Waals surface area contributed by atoms with E-state index < -0.39 is 6.04 Å². The molecule has 2 aromatic heterocycles. The Morgan fingerprint density at radius 1 is 1.28 bits per heavy atom. The van der Waals surface area contributed by atoms with Gasteiger partial charge in [0.25, 0.3) is 0 Å². The smallest absolute Gasteiger partial charge is 0.247 e. The van der Waals surface area contributed by atoms with Gasteiger partial charge in [0, 0.05) is 49.8 Å². The molecular weight excluding hydrogens is 442 g/mol. The number of rotatable bonds is 9. The Balaban J connectivity index is 1.68. The monoisotopic (exact) mass is 471 g/mol. The van der Waals surface area contributed by atoms with Gasteiger partial charge in [0.15, 0.2) is 0 Å². The van der Waals surface area contributed by atoms with Gasteiger partial charge in [0.1, 0.15) is 6.04 Å². The zero-order valence-corrected chi connectivity index (χ0v) is 20.1. The predicted molar refractivity (Wildman–Crippen MR) is 130 cm³/mol. The topological polar surface area (TPSA) is 63.6 Å². The molecular formula is C24H29N3O3S2. The molecule has 1 aliphatic rings. The van der Waals surface area contributed by atoms with Gasteiger partial charge in [0.2, 0.25) is 11.8 Å². The maximum absolute atomic E-state index is 13.6. The zero-order valence-electron chi connectivity index (χ0n) is 18.5. The van der Waals surface area contributed by atoms with E-state index in [1.807, 2.05) is 31.5 Å². The Bertz CT molecular complexity index is 1080. The van der Waals surface area contributed by atoms with Crippen molar-refractivity contribution in [3.8, 4) is 0 Å². The van der Waals surface area contributed by atoms with E-state index in [9.17, 15) is 9.59 Å². The molecule has 1 N–H and O–H groups in total. The molecule has 0 spiro atoms. The van der Waals surface area contributed by atoms with Crippen molar-refractivity contribution >= 4 is 45.8 Å². The van der Waals surface area contributed by atoms with Crippen LogP contribution in [0.5, 0.6) is 0 Å². The van der Waals surface area contributed by atoms with Crippen molar-refractivity contribution < 1.29 is 14.3 Å². The van der Waals surface area contributed by atoms with Crippen LogP contribution in [0.25, 0.3) is 10.9 Å². The highest BCUT2D eigenvalue weighted by Crippen LogP contribution is 2.41. The zero-order chi connectivity index (χ0) is 22.5. The maximum atomic E-state index is 13.6. The normalized spacial score (nSPS) is 16.2. The lowest BCUT2D eigenvalue weighted by atomic mass is 10.0. The van der Waals surface area contributed by atoms with Crippen LogP contribution in [0.15, 0.2) is 46.1 Å². The van der Waals surface area contributed by atoms with E-state index in [0.29, 0.717) is 32.1 Å². The number of nitrogens with zero attached hydrogens (tertiary/aromatic N) is 2. The number of thioether (sulfide) groups is 1. The molecule has 2 amide bonds. The highest BCUT2D eigenvalue weighted by atomic mass is 32.2. The summed E-state index contributed by atoms with van der Waals surface area (Å²) in [4.78, 5) is 28.5. The van der Waals surface area contributed by atoms with E-state index in [4.69, 9.17) is 4.74 Å². The molecule has 0 aliphatic carbocycles. The Hall–Kier alpha value is -2.29. The van der Waals surface area contributed by atoms with Crippen LogP contribution < -0.4 is 5.32 Å². The molecule has 1 atom stereocenters. The number of hydrogen-bond donors (Lipinski definition) is 1. The second kappa shape index (κ2) is 10.6. The van der Waals surface area contributed by atoms with E-state index in [1.165, 1.54) is 17.3 Å². The molecule has 32 heavy (non-hydrogen) atoms. The number of aromatic nitrogens is 1. The van der Waals surface area contributed by atoms with Crippen molar-refractivity contribution in [3.63, 3.8) is 0 Å². The third kappa shape index (κ3) is 4.72. The van der Waals surface area contributed by atoms with Crippen LogP contribution in [0.4, 0.5) is 0 Å². The lowest BCUT2D eigenvalue weighted by Gasteiger charge is -2.29. The van der Waals surface area contributed by atoms with E-state index in [-0.39, 0.29) is 11.8 Å². The summed E-state index contributed by atoms with van der Waals surface area (Å²) in [7, 11) is 2.01. The largest absolute Gasteiger partial charge is 0.382 e. The fourth-order valence-electron chi connectivity index (χ4n) is 4.19. The average molecular weight is 472 g/mol. The molecule has 6 nitrogen and oxygen atoms in total. The van der Waals surface area contributed by atoms with Crippen LogP contribution >= 0.6 is 23.1 Å². The van der Waals surface area contributed by atoms with Gasteiger partial charge in [-0.3, -0.25) is 9.59 Å². The van der Waals surface area contributed by atoms with Gasteiger partial charge in [0.05, 0.1) is 10.8 Å². The van der Waals surface area contributed by atoms with Gasteiger partial charge >= 0.3 is 0 Å². The molecule has 0 saturated heterocycles. The van der Waals surface area contributed by atoms with Crippen LogP contribution in [0.1, 0.15) is 30.5 Å². The molecule has 0 fully saturated rings. The van der Waals surface area contributed by atoms with Gasteiger partial charge < -0.3 is 19.5 Å². The first kappa shape index (κ1) is 22.9. The molecule has 4 rings (SSSR count). The Morgan fingerprint density at radius 2 is 2.12 bits per heavy atom. The van der Waals surface area contributed by atoms with Crippen molar-refractivity contribution in [2.75, 3.05) is 32.1 Å². The second-order valence-electron chi connectivity index (χ2n) is 7.80. The van der Waals surface area contributed by atoms with Crippen molar-refractivity contribution in [1.29, 1.82) is 0 Å². The molecule has 1 aromatic carbocycles. The standard InChI is InChI=1S/C24H29N3O3S2/c1-3-30-13-6-11-25-23(29)22-21-18-7-4-5-8-19(18)26(2)24(21)32-16-20(28)27(22)12-9-17-10-14-31-15-17/h4-5,7-8,10,14-15,22H,3,6,9,11-13,16H2,1-2H3,(H,25,29). The summed E-state index contributed by atoms with van der Waals surface area (Å²) in [6.45, 7) is 4.27. The van der Waals surface area contributed by atoms with Crippen LogP contribution in [-0.4, -0.2) is 53.3 Å². The third-order valence-electron chi connectivity index (χ3n) is 5.77. The lowest BCUT2D eigenvalue weighted by molar-refractivity contribution is -0.138. The summed E-state index contributed by atoms with van der Waals surface area (Å²) >= 11 is 3.17. The number of benzene rings is 1. The molecule has 3 heterocycles. The average Bonchev–Trinajstić information content (AvgIpc) is 3.38. The van der Waals surface area contributed by atoms with E-state index in [2.05, 4.69) is 33.5 Å². The van der Waals surface area contributed by atoms with Gasteiger partial charge in [-0.1, -0.05) is 30.0 Å². The van der Waals surface area contributed by atoms with Crippen molar-refractivity contribution in [3.05, 3.63) is 52.2 Å². The number of hydrogen-bond acceptors (Lipinski definition) is 5. The van der Waals surface area contributed by atoms with Crippen LogP contribution in [-0.2, 0) is 27.8 Å². The minimum absolute atomic E-state index is 0.0000213. The third-order valence-corrected chi connectivity index (χ3v) is 7.66. The number of amides is 2. The first-order valence-electron chi connectivity index (χ1n) is 11.0. The van der Waals surface area contributed by atoms with Crippen molar-refractivity contribution in [2.45, 2.75) is 30.8 Å². The molecule has 0 saturated carbocycles. The minimum atomic E-state index is -0.649. The van der Waals surface area contributed by atoms with E-state index in [0.717, 1.165) is 34.3 Å². The number of thiophene rings is 1. The minimum Gasteiger partial charge on any atom is -0.382 e. The molecule has 0 bridgehead atoms. The molecule has 170 valence electrons. The first-order valence-corrected chi connectivity index (χ1v) is 12.9. The fourth-order valence-corrected chi connectivity index (χ4v) is 5.99. The van der Waals surface area contributed by atoms with Crippen LogP contribution in [0.3, 0.4) is 0 Å². The highest BCUT2D eigenvalue weighted by molar-refractivity contribution is 8.00. The number of carbonyl (C=O) groups excluding carboxylic acids is 2. The number of fused-ring (bicyclic) bond motifs is 3. The van der Waals surface area contributed by atoms with Gasteiger partial charge in [-0.15, -0.1) is 0 Å². The van der Waals surface area contributed by atoms with Crippen molar-refractivity contribution in [1.82, 2.24) is 14.8 Å². The second-order valence-corrected chi connectivity index (χ2v) is 9.54. The molecule has 0 radical (unpaired) electrons. The number of nitrogens with one attached hydrogen (secondary N) is 1. The number of carbonyl (C=O) groups is 2. The van der Waals surface area contributed by atoms with Gasteiger partial charge in [-0.2, -0.15) is 11.3 Å². The first-order chi connectivity index (χ1) is 15.6. The number of para-hydroxylation sites is 1. The molecule has 3 aromatic rings.